The van der Waals surface area contributed by atoms with Crippen LogP contribution in [0.25, 0.3) is 0 Å². The van der Waals surface area contributed by atoms with Gasteiger partial charge in [-0.3, -0.25) is 4.79 Å². The lowest BCUT2D eigenvalue weighted by Crippen LogP contribution is -2.42. The predicted octanol–water partition coefficient (Wildman–Crippen LogP) is 2.44. The quantitative estimate of drug-likeness (QED) is 0.737. The molecule has 1 fully saturated rings. The van der Waals surface area contributed by atoms with Gasteiger partial charge in [0.1, 0.15) is 0 Å². The Kier molecular flexibility index (Phi) is 4.79. The molecule has 1 amide bonds. The summed E-state index contributed by atoms with van der Waals surface area (Å²) in [5, 5.41) is 3.05. The van der Waals surface area contributed by atoms with E-state index >= 15 is 0 Å². The third-order valence-corrected chi connectivity index (χ3v) is 3.68. The number of hydrogen-bond donors (Lipinski definition) is 1. The maximum absolute atomic E-state index is 11.3. The summed E-state index contributed by atoms with van der Waals surface area (Å²) in [7, 11) is 0. The second-order valence-corrected chi connectivity index (χ2v) is 5.18. The van der Waals surface area contributed by atoms with Crippen LogP contribution in [0.5, 0.6) is 0 Å². The van der Waals surface area contributed by atoms with Crippen molar-refractivity contribution in [2.75, 3.05) is 18.6 Å². The molecule has 0 atom stereocenters. The van der Waals surface area contributed by atoms with E-state index in [0.717, 1.165) is 6.54 Å². The van der Waals surface area contributed by atoms with E-state index in [0.29, 0.717) is 11.2 Å². The zero-order chi connectivity index (χ0) is 10.4. The molecule has 0 aromatic rings. The number of carbonyl (C=O) groups is 1. The fraction of sp³-hybridized carbons (Fsp3) is 0.909. The second kappa shape index (κ2) is 5.64. The smallest absolute Gasteiger partial charge is 0.230 e. The lowest BCUT2D eigenvalue weighted by molar-refractivity contribution is -0.119. The Labute approximate surface area is 91.2 Å². The summed E-state index contributed by atoms with van der Waals surface area (Å²) >= 11 is 1.59. The molecular formula is C11H21NOS. The van der Waals surface area contributed by atoms with Gasteiger partial charge in [0, 0.05) is 6.54 Å². The Hall–Kier alpha value is -0.180. The van der Waals surface area contributed by atoms with Gasteiger partial charge in [-0.1, -0.05) is 19.8 Å². The van der Waals surface area contributed by atoms with E-state index in [-0.39, 0.29) is 5.91 Å². The molecule has 0 radical (unpaired) electrons. The van der Waals surface area contributed by atoms with E-state index < -0.39 is 0 Å². The van der Waals surface area contributed by atoms with Gasteiger partial charge in [-0.25, -0.2) is 0 Å². The normalized spacial score (nSPS) is 18.7. The largest absolute Gasteiger partial charge is 0.355 e. The first kappa shape index (κ1) is 11.9. The van der Waals surface area contributed by atoms with E-state index in [1.165, 1.54) is 32.1 Å². The van der Waals surface area contributed by atoms with Crippen molar-refractivity contribution in [3.8, 4) is 0 Å². The maximum atomic E-state index is 11.3. The van der Waals surface area contributed by atoms with Gasteiger partial charge in [0.25, 0.3) is 0 Å². The average molecular weight is 215 g/mol. The van der Waals surface area contributed by atoms with E-state index in [2.05, 4.69) is 12.2 Å². The van der Waals surface area contributed by atoms with Crippen LogP contribution in [0.4, 0.5) is 0 Å². The number of carbonyl (C=O) groups excluding carboxylic acids is 1. The van der Waals surface area contributed by atoms with Crippen LogP contribution in [-0.2, 0) is 4.79 Å². The second-order valence-electron chi connectivity index (χ2n) is 4.31. The van der Waals surface area contributed by atoms with Gasteiger partial charge in [-0.15, -0.1) is 0 Å². The SMILES string of the molecule is CCCC1(CNC(=O)CSC)CCC1. The highest BCUT2D eigenvalue weighted by Gasteiger charge is 2.35. The Balaban J connectivity index is 2.23. The summed E-state index contributed by atoms with van der Waals surface area (Å²) in [6, 6.07) is 0. The van der Waals surface area contributed by atoms with Crippen LogP contribution >= 0.6 is 11.8 Å². The van der Waals surface area contributed by atoms with Gasteiger partial charge in [0.2, 0.25) is 5.91 Å². The molecule has 0 aromatic carbocycles. The van der Waals surface area contributed by atoms with Crippen molar-refractivity contribution in [3.05, 3.63) is 0 Å². The van der Waals surface area contributed by atoms with Crippen LogP contribution in [0.2, 0.25) is 0 Å². The highest BCUT2D eigenvalue weighted by Crippen LogP contribution is 2.44. The van der Waals surface area contributed by atoms with Crippen LogP contribution in [0, 0.1) is 5.41 Å². The van der Waals surface area contributed by atoms with Crippen LogP contribution in [-0.4, -0.2) is 24.5 Å². The summed E-state index contributed by atoms with van der Waals surface area (Å²) in [6.45, 7) is 3.13. The Morgan fingerprint density at radius 3 is 2.64 bits per heavy atom. The van der Waals surface area contributed by atoms with E-state index in [1.54, 1.807) is 11.8 Å². The molecule has 1 rings (SSSR count). The summed E-state index contributed by atoms with van der Waals surface area (Å²) in [5.41, 5.74) is 0.461. The third-order valence-electron chi connectivity index (χ3n) is 3.13. The van der Waals surface area contributed by atoms with Crippen LogP contribution < -0.4 is 5.32 Å². The van der Waals surface area contributed by atoms with Gasteiger partial charge in [-0.05, 0) is 30.9 Å². The molecule has 0 aliphatic heterocycles. The molecule has 82 valence electrons. The molecule has 1 N–H and O–H groups in total. The van der Waals surface area contributed by atoms with E-state index in [9.17, 15) is 4.79 Å². The maximum Gasteiger partial charge on any atom is 0.230 e. The number of hydrogen-bond acceptors (Lipinski definition) is 2. The molecule has 14 heavy (non-hydrogen) atoms. The number of rotatable bonds is 6. The molecule has 1 aliphatic rings. The van der Waals surface area contributed by atoms with E-state index in [4.69, 9.17) is 0 Å². The highest BCUT2D eigenvalue weighted by atomic mass is 32.2. The minimum absolute atomic E-state index is 0.194. The molecule has 2 nitrogen and oxygen atoms in total. The zero-order valence-electron chi connectivity index (χ0n) is 9.27. The van der Waals surface area contributed by atoms with Gasteiger partial charge in [-0.2, -0.15) is 11.8 Å². The van der Waals surface area contributed by atoms with Gasteiger partial charge >= 0.3 is 0 Å². The minimum atomic E-state index is 0.194. The Morgan fingerprint density at radius 2 is 2.21 bits per heavy atom. The molecule has 0 unspecified atom stereocenters. The van der Waals surface area contributed by atoms with Crippen LogP contribution in [0.1, 0.15) is 39.0 Å². The minimum Gasteiger partial charge on any atom is -0.355 e. The molecule has 3 heteroatoms. The lowest BCUT2D eigenvalue weighted by atomic mass is 9.66. The molecular weight excluding hydrogens is 194 g/mol. The van der Waals surface area contributed by atoms with E-state index in [1.807, 2.05) is 6.26 Å². The third kappa shape index (κ3) is 3.19. The highest BCUT2D eigenvalue weighted by molar-refractivity contribution is 7.99. The van der Waals surface area contributed by atoms with Gasteiger partial charge in [0.15, 0.2) is 0 Å². The summed E-state index contributed by atoms with van der Waals surface area (Å²) in [5.74, 6) is 0.794. The number of thioether (sulfide) groups is 1. The zero-order valence-corrected chi connectivity index (χ0v) is 10.1. The average Bonchev–Trinajstić information content (AvgIpc) is 2.10. The van der Waals surface area contributed by atoms with Crippen molar-refractivity contribution >= 4 is 17.7 Å². The standard InChI is InChI=1S/C11H21NOS/c1-3-5-11(6-4-7-11)9-12-10(13)8-14-2/h3-9H2,1-2H3,(H,12,13). The summed E-state index contributed by atoms with van der Waals surface area (Å²) in [4.78, 5) is 11.3. The topological polar surface area (TPSA) is 29.1 Å². The van der Waals surface area contributed by atoms with Gasteiger partial charge in [0.05, 0.1) is 5.75 Å². The van der Waals surface area contributed by atoms with Crippen molar-refractivity contribution in [2.45, 2.75) is 39.0 Å². The van der Waals surface area contributed by atoms with Crippen molar-refractivity contribution in [2.24, 2.45) is 5.41 Å². The van der Waals surface area contributed by atoms with Crippen LogP contribution in [0.15, 0.2) is 0 Å². The lowest BCUT2D eigenvalue weighted by Gasteiger charge is -2.42. The number of amides is 1. The molecule has 0 saturated heterocycles. The first-order valence-corrected chi connectivity index (χ1v) is 6.87. The first-order valence-electron chi connectivity index (χ1n) is 5.48. The monoisotopic (exact) mass is 215 g/mol. The van der Waals surface area contributed by atoms with Crippen molar-refractivity contribution in [3.63, 3.8) is 0 Å². The Morgan fingerprint density at radius 1 is 1.50 bits per heavy atom. The molecule has 0 bridgehead atoms. The van der Waals surface area contributed by atoms with Crippen LogP contribution in [0.3, 0.4) is 0 Å². The number of nitrogens with one attached hydrogen (secondary N) is 1. The fourth-order valence-corrected chi connectivity index (χ4v) is 2.55. The van der Waals surface area contributed by atoms with Crippen molar-refractivity contribution < 1.29 is 4.79 Å². The van der Waals surface area contributed by atoms with Crippen molar-refractivity contribution in [1.82, 2.24) is 5.32 Å². The first-order chi connectivity index (χ1) is 6.72. The van der Waals surface area contributed by atoms with Crippen molar-refractivity contribution in [1.29, 1.82) is 0 Å². The molecule has 0 aromatic heterocycles. The molecule has 0 heterocycles. The molecule has 1 saturated carbocycles. The van der Waals surface area contributed by atoms with Gasteiger partial charge < -0.3 is 5.32 Å². The predicted molar refractivity (Wildman–Crippen MR) is 62.6 cm³/mol. The Bertz CT molecular complexity index is 190. The fourth-order valence-electron chi connectivity index (χ4n) is 2.19. The molecule has 0 spiro atoms. The summed E-state index contributed by atoms with van der Waals surface area (Å²) in [6.07, 6.45) is 8.43. The molecule has 1 aliphatic carbocycles. The summed E-state index contributed by atoms with van der Waals surface area (Å²) < 4.78 is 0.